The fraction of sp³-hybridized carbons (Fsp3) is 0.333. The predicted molar refractivity (Wildman–Crippen MR) is 44.7 cm³/mol. The summed E-state index contributed by atoms with van der Waals surface area (Å²) in [6.07, 6.45) is 0.655. The van der Waals surface area contributed by atoms with Crippen LogP contribution in [-0.4, -0.2) is 6.10 Å². The molecule has 1 nitrogen and oxygen atoms in total. The van der Waals surface area contributed by atoms with Gasteiger partial charge < -0.3 is 4.74 Å². The number of hydrogen-bond acceptors (Lipinski definition) is 1. The van der Waals surface area contributed by atoms with Crippen LogP contribution in [0.1, 0.15) is 18.6 Å². The van der Waals surface area contributed by atoms with Crippen LogP contribution < -0.4 is 0 Å². The van der Waals surface area contributed by atoms with Gasteiger partial charge in [0.1, 0.15) is 6.10 Å². The zero-order valence-corrected chi connectivity index (χ0v) is 7.01. The highest BCUT2D eigenvalue weighted by molar-refractivity contribution is 6.30. The Morgan fingerprint density at radius 3 is 2.73 bits per heavy atom. The summed E-state index contributed by atoms with van der Waals surface area (Å²) in [5, 5.41) is 0.783. The van der Waals surface area contributed by atoms with Crippen molar-refractivity contribution in [3.8, 4) is 0 Å². The van der Waals surface area contributed by atoms with Crippen molar-refractivity contribution < 1.29 is 4.74 Å². The number of rotatable bonds is 1. The highest BCUT2D eigenvalue weighted by Crippen LogP contribution is 2.38. The molecule has 58 valence electrons. The smallest absolute Gasteiger partial charge is 0.109 e. The maximum absolute atomic E-state index is 5.81. The van der Waals surface area contributed by atoms with E-state index < -0.39 is 0 Å². The van der Waals surface area contributed by atoms with Crippen LogP contribution in [0.15, 0.2) is 24.3 Å². The van der Waals surface area contributed by atoms with Gasteiger partial charge in [0.2, 0.25) is 0 Å². The lowest BCUT2D eigenvalue weighted by Crippen LogP contribution is -1.81. The van der Waals surface area contributed by atoms with E-state index in [4.69, 9.17) is 16.3 Å². The molecule has 0 unspecified atom stereocenters. The van der Waals surface area contributed by atoms with Gasteiger partial charge in [-0.3, -0.25) is 0 Å². The van der Waals surface area contributed by atoms with Crippen LogP contribution in [0.3, 0.4) is 0 Å². The molecule has 1 aliphatic heterocycles. The highest BCUT2D eigenvalue weighted by Gasteiger charge is 2.35. The lowest BCUT2D eigenvalue weighted by atomic mass is 10.1. The third-order valence-electron chi connectivity index (χ3n) is 1.89. The minimum absolute atomic E-state index is 0.286. The molecule has 0 bridgehead atoms. The van der Waals surface area contributed by atoms with Crippen LogP contribution in [0.2, 0.25) is 5.02 Å². The van der Waals surface area contributed by atoms with Gasteiger partial charge in [-0.15, -0.1) is 0 Å². The maximum atomic E-state index is 5.81. The summed E-state index contributed by atoms with van der Waals surface area (Å²) in [6, 6.07) is 7.82. The molecule has 11 heavy (non-hydrogen) atoms. The fourth-order valence-electron chi connectivity index (χ4n) is 1.22. The van der Waals surface area contributed by atoms with Crippen LogP contribution in [0.25, 0.3) is 0 Å². The molecule has 0 saturated carbocycles. The molecule has 1 aliphatic rings. The molecule has 1 aromatic carbocycles. The predicted octanol–water partition coefficient (Wildman–Crippen LogP) is 2.80. The molecular weight excluding hydrogens is 160 g/mol. The summed E-state index contributed by atoms with van der Waals surface area (Å²) in [6.45, 7) is 2.06. The molecule has 1 saturated heterocycles. The van der Waals surface area contributed by atoms with E-state index in [0.29, 0.717) is 6.10 Å². The van der Waals surface area contributed by atoms with E-state index in [-0.39, 0.29) is 6.10 Å². The van der Waals surface area contributed by atoms with E-state index in [1.807, 2.05) is 24.3 Å². The van der Waals surface area contributed by atoms with Gasteiger partial charge in [0.05, 0.1) is 6.10 Å². The second-order valence-electron chi connectivity index (χ2n) is 2.82. The maximum Gasteiger partial charge on any atom is 0.109 e. The summed E-state index contributed by atoms with van der Waals surface area (Å²) >= 11 is 5.81. The quantitative estimate of drug-likeness (QED) is 0.588. The molecule has 1 fully saturated rings. The highest BCUT2D eigenvalue weighted by atomic mass is 35.5. The van der Waals surface area contributed by atoms with E-state index in [2.05, 4.69) is 6.92 Å². The Morgan fingerprint density at radius 1 is 1.45 bits per heavy atom. The largest absolute Gasteiger partial charge is 0.365 e. The van der Waals surface area contributed by atoms with E-state index in [0.717, 1.165) is 5.02 Å². The van der Waals surface area contributed by atoms with Crippen molar-refractivity contribution >= 4 is 11.6 Å². The van der Waals surface area contributed by atoms with E-state index in [1.165, 1.54) is 5.56 Å². The monoisotopic (exact) mass is 168 g/mol. The van der Waals surface area contributed by atoms with Crippen LogP contribution >= 0.6 is 11.6 Å². The van der Waals surface area contributed by atoms with Gasteiger partial charge in [0.15, 0.2) is 0 Å². The van der Waals surface area contributed by atoms with Crippen LogP contribution in [0.5, 0.6) is 0 Å². The van der Waals surface area contributed by atoms with Crippen molar-refractivity contribution in [2.24, 2.45) is 0 Å². The Morgan fingerprint density at radius 2 is 2.18 bits per heavy atom. The molecule has 1 heterocycles. The molecule has 0 spiro atoms. The molecule has 2 rings (SSSR count). The minimum atomic E-state index is 0.286. The summed E-state index contributed by atoms with van der Waals surface area (Å²) < 4.78 is 5.30. The first-order chi connectivity index (χ1) is 5.27. The molecule has 0 aliphatic carbocycles. The standard InChI is InChI=1S/C9H9ClO/c1-6-9(11-6)7-3-2-4-8(10)5-7/h2-6,9H,1H3/t6-,9+/m0/s1. The number of ether oxygens (including phenoxy) is 1. The Balaban J connectivity index is 2.25. The van der Waals surface area contributed by atoms with Crippen molar-refractivity contribution in [2.45, 2.75) is 19.1 Å². The first kappa shape index (κ1) is 7.14. The molecule has 2 heteroatoms. The molecule has 0 aromatic heterocycles. The van der Waals surface area contributed by atoms with Crippen molar-refractivity contribution in [1.29, 1.82) is 0 Å². The van der Waals surface area contributed by atoms with Gasteiger partial charge in [-0.25, -0.2) is 0 Å². The van der Waals surface area contributed by atoms with Crippen LogP contribution in [0, 0.1) is 0 Å². The van der Waals surface area contributed by atoms with Gasteiger partial charge in [-0.05, 0) is 24.6 Å². The van der Waals surface area contributed by atoms with Crippen molar-refractivity contribution in [3.63, 3.8) is 0 Å². The zero-order chi connectivity index (χ0) is 7.84. The first-order valence-electron chi connectivity index (χ1n) is 3.68. The van der Waals surface area contributed by atoms with Crippen LogP contribution in [-0.2, 0) is 4.74 Å². The third kappa shape index (κ3) is 1.39. The van der Waals surface area contributed by atoms with Gasteiger partial charge >= 0.3 is 0 Å². The summed E-state index contributed by atoms with van der Waals surface area (Å²) in [5.41, 5.74) is 1.19. The molecule has 0 radical (unpaired) electrons. The normalized spacial score (nSPS) is 28.5. The molecule has 0 N–H and O–H groups in total. The summed E-state index contributed by atoms with van der Waals surface area (Å²) in [4.78, 5) is 0. The molecule has 0 amide bonds. The number of benzene rings is 1. The topological polar surface area (TPSA) is 12.5 Å². The first-order valence-corrected chi connectivity index (χ1v) is 4.06. The van der Waals surface area contributed by atoms with Gasteiger partial charge in [0, 0.05) is 5.02 Å². The lowest BCUT2D eigenvalue weighted by molar-refractivity contribution is 0.383. The zero-order valence-electron chi connectivity index (χ0n) is 6.25. The summed E-state index contributed by atoms with van der Waals surface area (Å²) in [7, 11) is 0. The van der Waals surface area contributed by atoms with Gasteiger partial charge in [0.25, 0.3) is 0 Å². The minimum Gasteiger partial charge on any atom is -0.365 e. The van der Waals surface area contributed by atoms with Crippen LogP contribution in [0.4, 0.5) is 0 Å². The molecule has 2 atom stereocenters. The molecule has 1 aromatic rings. The van der Waals surface area contributed by atoms with E-state index >= 15 is 0 Å². The second kappa shape index (κ2) is 2.50. The van der Waals surface area contributed by atoms with E-state index in [9.17, 15) is 0 Å². The Hall–Kier alpha value is -0.530. The van der Waals surface area contributed by atoms with Crippen molar-refractivity contribution in [3.05, 3.63) is 34.9 Å². The Labute approximate surface area is 70.9 Å². The molecular formula is C9H9ClO. The number of halogens is 1. The Bertz CT molecular complexity index is 272. The third-order valence-corrected chi connectivity index (χ3v) is 2.12. The van der Waals surface area contributed by atoms with Gasteiger partial charge in [-0.1, -0.05) is 23.7 Å². The summed E-state index contributed by atoms with van der Waals surface area (Å²) in [5.74, 6) is 0. The number of epoxide rings is 1. The number of hydrogen-bond donors (Lipinski definition) is 0. The second-order valence-corrected chi connectivity index (χ2v) is 3.25. The average Bonchev–Trinajstić information content (AvgIpc) is 2.67. The average molecular weight is 169 g/mol. The van der Waals surface area contributed by atoms with Crippen molar-refractivity contribution in [2.75, 3.05) is 0 Å². The van der Waals surface area contributed by atoms with Crippen molar-refractivity contribution in [1.82, 2.24) is 0 Å². The SMILES string of the molecule is C[C@@H]1O[C@H]1c1cccc(Cl)c1. The Kier molecular flexibility index (Phi) is 1.63. The van der Waals surface area contributed by atoms with E-state index in [1.54, 1.807) is 0 Å². The lowest BCUT2D eigenvalue weighted by Gasteiger charge is -1.94. The fourth-order valence-corrected chi connectivity index (χ4v) is 1.42. The van der Waals surface area contributed by atoms with Gasteiger partial charge in [-0.2, -0.15) is 0 Å².